The average molecular weight is 426 g/mol. The standard InChI is InChI=1S/C22H23N3O4S/c26-22(16-23-21-7-3-5-17-4-1-2-6-20(17)21)24-18-8-10-19(11-9-18)30(27,28)25-12-14-29-15-13-25/h1-11,23H,12-16H2,(H,24,26). The molecular weight excluding hydrogens is 402 g/mol. The zero-order valence-electron chi connectivity index (χ0n) is 16.4. The number of carbonyl (C=O) groups is 1. The Bertz CT molecular complexity index is 1140. The smallest absolute Gasteiger partial charge is 0.243 e. The molecule has 7 nitrogen and oxygen atoms in total. The molecule has 1 aliphatic heterocycles. The summed E-state index contributed by atoms with van der Waals surface area (Å²) in [5.41, 5.74) is 1.43. The number of morpholine rings is 1. The molecule has 2 N–H and O–H groups in total. The van der Waals surface area contributed by atoms with E-state index in [4.69, 9.17) is 4.74 Å². The van der Waals surface area contributed by atoms with E-state index in [1.54, 1.807) is 12.1 Å². The van der Waals surface area contributed by atoms with Crippen LogP contribution in [0.15, 0.2) is 71.6 Å². The number of hydrogen-bond acceptors (Lipinski definition) is 5. The maximum absolute atomic E-state index is 12.7. The number of hydrogen-bond donors (Lipinski definition) is 2. The van der Waals surface area contributed by atoms with Crippen LogP contribution in [0.4, 0.5) is 11.4 Å². The van der Waals surface area contributed by atoms with Gasteiger partial charge in [0.05, 0.1) is 24.7 Å². The van der Waals surface area contributed by atoms with Crippen molar-refractivity contribution in [2.24, 2.45) is 0 Å². The molecule has 0 atom stereocenters. The van der Waals surface area contributed by atoms with Crippen LogP contribution < -0.4 is 10.6 Å². The third kappa shape index (κ3) is 4.46. The molecule has 1 aliphatic rings. The van der Waals surface area contributed by atoms with E-state index in [2.05, 4.69) is 10.6 Å². The summed E-state index contributed by atoms with van der Waals surface area (Å²) < 4.78 is 31.9. The highest BCUT2D eigenvalue weighted by Crippen LogP contribution is 2.23. The van der Waals surface area contributed by atoms with E-state index in [1.165, 1.54) is 16.4 Å². The fourth-order valence-electron chi connectivity index (χ4n) is 3.41. The van der Waals surface area contributed by atoms with Gasteiger partial charge in [-0.2, -0.15) is 4.31 Å². The second-order valence-corrected chi connectivity index (χ2v) is 8.91. The Kier molecular flexibility index (Phi) is 5.98. The lowest BCUT2D eigenvalue weighted by molar-refractivity contribution is -0.114. The van der Waals surface area contributed by atoms with E-state index in [0.29, 0.717) is 32.0 Å². The summed E-state index contributed by atoms with van der Waals surface area (Å²) in [4.78, 5) is 12.5. The fraction of sp³-hybridized carbons (Fsp3) is 0.227. The molecule has 0 unspecified atom stereocenters. The number of rotatable bonds is 6. The number of fused-ring (bicyclic) bond motifs is 1. The lowest BCUT2D eigenvalue weighted by Crippen LogP contribution is -2.40. The predicted octanol–water partition coefficient (Wildman–Crippen LogP) is 2.91. The second-order valence-electron chi connectivity index (χ2n) is 6.97. The molecule has 0 bridgehead atoms. The minimum Gasteiger partial charge on any atom is -0.379 e. The van der Waals surface area contributed by atoms with Crippen LogP contribution in [-0.2, 0) is 19.6 Å². The SMILES string of the molecule is O=C(CNc1cccc2ccccc12)Nc1ccc(S(=O)(=O)N2CCOCC2)cc1. The summed E-state index contributed by atoms with van der Waals surface area (Å²) in [6.45, 7) is 1.59. The Morgan fingerprint density at radius 3 is 2.40 bits per heavy atom. The monoisotopic (exact) mass is 425 g/mol. The van der Waals surface area contributed by atoms with Crippen molar-refractivity contribution in [1.29, 1.82) is 0 Å². The van der Waals surface area contributed by atoms with Crippen molar-refractivity contribution in [2.45, 2.75) is 4.90 Å². The highest BCUT2D eigenvalue weighted by Gasteiger charge is 2.26. The van der Waals surface area contributed by atoms with Crippen molar-refractivity contribution in [1.82, 2.24) is 4.31 Å². The minimum absolute atomic E-state index is 0.0990. The Labute approximate surface area is 175 Å². The largest absolute Gasteiger partial charge is 0.379 e. The molecule has 4 rings (SSSR count). The number of ether oxygens (including phenoxy) is 1. The van der Waals surface area contributed by atoms with Crippen LogP contribution in [0.2, 0.25) is 0 Å². The van der Waals surface area contributed by atoms with E-state index in [-0.39, 0.29) is 17.3 Å². The average Bonchev–Trinajstić information content (AvgIpc) is 2.78. The molecule has 0 aliphatic carbocycles. The summed E-state index contributed by atoms with van der Waals surface area (Å²) in [5.74, 6) is -0.216. The molecule has 1 fully saturated rings. The van der Waals surface area contributed by atoms with Gasteiger partial charge in [-0.25, -0.2) is 8.42 Å². The van der Waals surface area contributed by atoms with E-state index < -0.39 is 10.0 Å². The van der Waals surface area contributed by atoms with Crippen molar-refractivity contribution in [2.75, 3.05) is 43.5 Å². The lowest BCUT2D eigenvalue weighted by Gasteiger charge is -2.26. The number of anilines is 2. The van der Waals surface area contributed by atoms with Crippen molar-refractivity contribution < 1.29 is 17.9 Å². The van der Waals surface area contributed by atoms with Gasteiger partial charge in [0.1, 0.15) is 0 Å². The maximum atomic E-state index is 12.7. The molecule has 8 heteroatoms. The van der Waals surface area contributed by atoms with Crippen molar-refractivity contribution in [3.63, 3.8) is 0 Å². The number of sulfonamides is 1. The summed E-state index contributed by atoms with van der Waals surface area (Å²) in [7, 11) is -3.55. The van der Waals surface area contributed by atoms with Gasteiger partial charge in [0.25, 0.3) is 0 Å². The van der Waals surface area contributed by atoms with E-state index in [0.717, 1.165) is 16.5 Å². The first-order valence-corrected chi connectivity index (χ1v) is 11.2. The van der Waals surface area contributed by atoms with Crippen LogP contribution in [0, 0.1) is 0 Å². The number of amides is 1. The first-order valence-electron chi connectivity index (χ1n) is 9.73. The molecule has 0 aromatic heterocycles. The van der Waals surface area contributed by atoms with Crippen molar-refractivity contribution >= 4 is 38.1 Å². The van der Waals surface area contributed by atoms with Crippen LogP contribution in [0.1, 0.15) is 0 Å². The van der Waals surface area contributed by atoms with E-state index in [9.17, 15) is 13.2 Å². The lowest BCUT2D eigenvalue weighted by atomic mass is 10.1. The van der Waals surface area contributed by atoms with E-state index in [1.807, 2.05) is 42.5 Å². The minimum atomic E-state index is -3.55. The first kappa shape index (κ1) is 20.3. The number of nitrogens with one attached hydrogen (secondary N) is 2. The molecular formula is C22H23N3O4S. The number of carbonyl (C=O) groups excluding carboxylic acids is 1. The Balaban J connectivity index is 1.38. The van der Waals surface area contributed by atoms with Crippen LogP contribution in [0.5, 0.6) is 0 Å². The van der Waals surface area contributed by atoms with Gasteiger partial charge in [-0.05, 0) is 35.7 Å². The highest BCUT2D eigenvalue weighted by atomic mass is 32.2. The first-order chi connectivity index (χ1) is 14.5. The van der Waals surface area contributed by atoms with E-state index >= 15 is 0 Å². The topological polar surface area (TPSA) is 87.7 Å². The third-order valence-electron chi connectivity index (χ3n) is 4.97. The normalized spacial score (nSPS) is 15.1. The molecule has 3 aromatic carbocycles. The van der Waals surface area contributed by atoms with Gasteiger partial charge in [-0.15, -0.1) is 0 Å². The van der Waals surface area contributed by atoms with Crippen molar-refractivity contribution in [3.8, 4) is 0 Å². The zero-order valence-corrected chi connectivity index (χ0v) is 17.2. The molecule has 1 amide bonds. The molecule has 30 heavy (non-hydrogen) atoms. The zero-order chi connectivity index (χ0) is 21.0. The molecule has 0 spiro atoms. The Morgan fingerprint density at radius 1 is 0.933 bits per heavy atom. The van der Waals surface area contributed by atoms with Crippen LogP contribution in [-0.4, -0.2) is 51.5 Å². The molecule has 156 valence electrons. The molecule has 1 saturated heterocycles. The van der Waals surface area contributed by atoms with Crippen LogP contribution >= 0.6 is 0 Å². The molecule has 3 aromatic rings. The van der Waals surface area contributed by atoms with Gasteiger partial charge in [0, 0.05) is 29.9 Å². The van der Waals surface area contributed by atoms with Gasteiger partial charge >= 0.3 is 0 Å². The summed E-state index contributed by atoms with van der Waals surface area (Å²) in [6.07, 6.45) is 0. The fourth-order valence-corrected chi connectivity index (χ4v) is 4.81. The van der Waals surface area contributed by atoms with Crippen LogP contribution in [0.3, 0.4) is 0 Å². The second kappa shape index (κ2) is 8.83. The molecule has 0 radical (unpaired) electrons. The Hall–Kier alpha value is -2.94. The molecule has 0 saturated carbocycles. The van der Waals surface area contributed by atoms with Crippen LogP contribution in [0.25, 0.3) is 10.8 Å². The molecule has 1 heterocycles. The summed E-state index contributed by atoms with van der Waals surface area (Å²) in [6, 6.07) is 20.1. The summed E-state index contributed by atoms with van der Waals surface area (Å²) >= 11 is 0. The maximum Gasteiger partial charge on any atom is 0.243 e. The number of nitrogens with zero attached hydrogens (tertiary/aromatic N) is 1. The van der Waals surface area contributed by atoms with Gasteiger partial charge in [-0.1, -0.05) is 36.4 Å². The van der Waals surface area contributed by atoms with Gasteiger partial charge in [-0.3, -0.25) is 4.79 Å². The Morgan fingerprint density at radius 2 is 1.63 bits per heavy atom. The van der Waals surface area contributed by atoms with Gasteiger partial charge < -0.3 is 15.4 Å². The quantitative estimate of drug-likeness (QED) is 0.634. The highest BCUT2D eigenvalue weighted by molar-refractivity contribution is 7.89. The number of benzene rings is 3. The summed E-state index contributed by atoms with van der Waals surface area (Å²) in [5, 5.41) is 8.09. The van der Waals surface area contributed by atoms with Crippen molar-refractivity contribution in [3.05, 3.63) is 66.7 Å². The third-order valence-corrected chi connectivity index (χ3v) is 6.89. The van der Waals surface area contributed by atoms with Gasteiger partial charge in [0.15, 0.2) is 0 Å². The predicted molar refractivity (Wildman–Crippen MR) is 117 cm³/mol. The van der Waals surface area contributed by atoms with Gasteiger partial charge in [0.2, 0.25) is 15.9 Å².